The fraction of sp³-hybridized carbons (Fsp3) is 0.316. The van der Waals surface area contributed by atoms with E-state index in [1.165, 1.54) is 34.6 Å². The van der Waals surface area contributed by atoms with E-state index in [0.29, 0.717) is 18.7 Å². The summed E-state index contributed by atoms with van der Waals surface area (Å²) in [5.74, 6) is -0.768. The van der Waals surface area contributed by atoms with E-state index in [0.717, 1.165) is 25.3 Å². The molecule has 0 unspecified atom stereocenters. The molecule has 0 aromatic heterocycles. The van der Waals surface area contributed by atoms with E-state index in [9.17, 15) is 23.3 Å². The quantitative estimate of drug-likeness (QED) is 0.328. The lowest BCUT2D eigenvalue weighted by molar-refractivity contribution is -0.384. The van der Waals surface area contributed by atoms with Crippen LogP contribution in [0.2, 0.25) is 0 Å². The Morgan fingerprint density at radius 3 is 2.50 bits per heavy atom. The Balaban J connectivity index is 1.87. The highest BCUT2D eigenvalue weighted by atomic mass is 32.2. The molecule has 0 bridgehead atoms. The van der Waals surface area contributed by atoms with Crippen molar-refractivity contribution in [1.82, 2.24) is 4.31 Å². The van der Waals surface area contributed by atoms with Gasteiger partial charge in [0, 0.05) is 19.2 Å². The van der Waals surface area contributed by atoms with E-state index in [1.807, 2.05) is 0 Å². The minimum absolute atomic E-state index is 0.0141. The van der Waals surface area contributed by atoms with E-state index in [4.69, 9.17) is 4.74 Å². The highest BCUT2D eigenvalue weighted by molar-refractivity contribution is 7.89. The molecule has 0 aliphatic carbocycles. The summed E-state index contributed by atoms with van der Waals surface area (Å²) >= 11 is 0. The van der Waals surface area contributed by atoms with Gasteiger partial charge in [0.1, 0.15) is 5.75 Å². The highest BCUT2D eigenvalue weighted by Crippen LogP contribution is 2.25. The van der Waals surface area contributed by atoms with Crippen molar-refractivity contribution < 1.29 is 22.9 Å². The van der Waals surface area contributed by atoms with Crippen molar-refractivity contribution in [2.75, 3.05) is 13.1 Å². The van der Waals surface area contributed by atoms with Crippen molar-refractivity contribution >= 4 is 21.7 Å². The summed E-state index contributed by atoms with van der Waals surface area (Å²) in [6, 6.07) is 9.58. The maximum atomic E-state index is 13.0. The zero-order chi connectivity index (χ0) is 20.3. The lowest BCUT2D eigenvalue weighted by atomic mass is 10.1. The molecule has 1 aliphatic heterocycles. The number of non-ortho nitro benzene ring substituents is 1. The van der Waals surface area contributed by atoms with Gasteiger partial charge in [-0.15, -0.1) is 0 Å². The van der Waals surface area contributed by atoms with Gasteiger partial charge >= 0.3 is 5.97 Å². The van der Waals surface area contributed by atoms with Gasteiger partial charge in [-0.3, -0.25) is 10.1 Å². The maximum Gasteiger partial charge on any atom is 0.343 e. The van der Waals surface area contributed by atoms with Crippen molar-refractivity contribution in [3.63, 3.8) is 0 Å². The van der Waals surface area contributed by atoms with Crippen molar-refractivity contribution in [2.24, 2.45) is 0 Å². The number of nitro groups is 1. The number of nitro benzene ring substituents is 1. The molecule has 0 amide bonds. The molecule has 0 spiro atoms. The van der Waals surface area contributed by atoms with Crippen molar-refractivity contribution in [3.8, 4) is 5.75 Å². The second kappa shape index (κ2) is 8.07. The van der Waals surface area contributed by atoms with Gasteiger partial charge in [0.2, 0.25) is 10.0 Å². The number of hydrogen-bond donors (Lipinski definition) is 0. The number of carbonyl (C=O) groups is 1. The van der Waals surface area contributed by atoms with Crippen LogP contribution in [0.15, 0.2) is 47.4 Å². The van der Waals surface area contributed by atoms with Crippen LogP contribution in [0.3, 0.4) is 0 Å². The molecular formula is C19H20N2O6S. The van der Waals surface area contributed by atoms with Crippen LogP contribution in [0.5, 0.6) is 5.75 Å². The number of ether oxygens (including phenoxy) is 1. The van der Waals surface area contributed by atoms with Gasteiger partial charge in [-0.2, -0.15) is 4.31 Å². The Bertz CT molecular complexity index is 1010. The van der Waals surface area contributed by atoms with Crippen LogP contribution in [-0.4, -0.2) is 36.7 Å². The zero-order valence-electron chi connectivity index (χ0n) is 15.3. The highest BCUT2D eigenvalue weighted by Gasteiger charge is 2.28. The predicted molar refractivity (Wildman–Crippen MR) is 102 cm³/mol. The third-order valence-corrected chi connectivity index (χ3v) is 6.64. The van der Waals surface area contributed by atoms with Gasteiger partial charge in [-0.25, -0.2) is 13.2 Å². The molecule has 1 aliphatic rings. The standard InChI is InChI=1S/C19H20N2O6S/c1-14-8-9-15(12-18(14)28(25,26)20-10-3-2-4-11-20)19(22)27-17-7-5-6-16(13-17)21(23)24/h5-9,12-13H,2-4,10-11H2,1H3. The van der Waals surface area contributed by atoms with E-state index in [-0.39, 0.29) is 21.9 Å². The lowest BCUT2D eigenvalue weighted by Crippen LogP contribution is -2.36. The molecule has 2 aromatic rings. The molecule has 2 aromatic carbocycles. The Morgan fingerprint density at radius 2 is 1.82 bits per heavy atom. The Hall–Kier alpha value is -2.78. The van der Waals surface area contributed by atoms with Crippen LogP contribution in [0.4, 0.5) is 5.69 Å². The van der Waals surface area contributed by atoms with Gasteiger partial charge in [-0.05, 0) is 43.5 Å². The van der Waals surface area contributed by atoms with Crippen LogP contribution in [0.1, 0.15) is 35.2 Å². The number of sulfonamides is 1. The number of piperidine rings is 1. The normalized spacial score (nSPS) is 15.2. The smallest absolute Gasteiger partial charge is 0.343 e. The van der Waals surface area contributed by atoms with Gasteiger partial charge in [0.05, 0.1) is 21.4 Å². The van der Waals surface area contributed by atoms with Gasteiger partial charge in [-0.1, -0.05) is 18.6 Å². The fourth-order valence-electron chi connectivity index (χ4n) is 3.08. The predicted octanol–water partition coefficient (Wildman–Crippen LogP) is 3.30. The average Bonchev–Trinajstić information content (AvgIpc) is 2.69. The number of rotatable bonds is 5. The molecule has 148 valence electrons. The Labute approximate surface area is 162 Å². The van der Waals surface area contributed by atoms with E-state index in [1.54, 1.807) is 13.0 Å². The first-order valence-corrected chi connectivity index (χ1v) is 10.3. The van der Waals surface area contributed by atoms with Crippen LogP contribution in [0.25, 0.3) is 0 Å². The molecule has 0 atom stereocenters. The SMILES string of the molecule is Cc1ccc(C(=O)Oc2cccc([N+](=O)[O-])c2)cc1S(=O)(=O)N1CCCCC1. The largest absolute Gasteiger partial charge is 0.423 e. The molecule has 9 heteroatoms. The molecular weight excluding hydrogens is 384 g/mol. The summed E-state index contributed by atoms with van der Waals surface area (Å²) in [5, 5.41) is 10.8. The summed E-state index contributed by atoms with van der Waals surface area (Å²) < 4.78 is 32.6. The van der Waals surface area contributed by atoms with Gasteiger partial charge < -0.3 is 4.74 Å². The third-order valence-electron chi connectivity index (χ3n) is 4.60. The van der Waals surface area contributed by atoms with E-state index < -0.39 is 20.9 Å². The second-order valence-corrected chi connectivity index (χ2v) is 8.50. The summed E-state index contributed by atoms with van der Waals surface area (Å²) in [6.07, 6.45) is 2.63. The summed E-state index contributed by atoms with van der Waals surface area (Å²) in [7, 11) is -3.70. The van der Waals surface area contributed by atoms with E-state index >= 15 is 0 Å². The van der Waals surface area contributed by atoms with Crippen molar-refractivity contribution in [2.45, 2.75) is 31.1 Å². The van der Waals surface area contributed by atoms with Crippen LogP contribution >= 0.6 is 0 Å². The molecule has 1 heterocycles. The van der Waals surface area contributed by atoms with E-state index in [2.05, 4.69) is 0 Å². The monoisotopic (exact) mass is 404 g/mol. The first kappa shape index (κ1) is 20.0. The molecule has 1 fully saturated rings. The molecule has 28 heavy (non-hydrogen) atoms. The fourth-order valence-corrected chi connectivity index (χ4v) is 4.84. The lowest BCUT2D eigenvalue weighted by Gasteiger charge is -2.26. The maximum absolute atomic E-state index is 13.0. The topological polar surface area (TPSA) is 107 Å². The van der Waals surface area contributed by atoms with Gasteiger partial charge in [0.25, 0.3) is 5.69 Å². The second-order valence-electron chi connectivity index (χ2n) is 6.59. The molecule has 8 nitrogen and oxygen atoms in total. The van der Waals surface area contributed by atoms with Crippen molar-refractivity contribution in [1.29, 1.82) is 0 Å². The van der Waals surface area contributed by atoms with Gasteiger partial charge in [0.15, 0.2) is 0 Å². The summed E-state index contributed by atoms with van der Waals surface area (Å²) in [6.45, 7) is 2.60. The summed E-state index contributed by atoms with van der Waals surface area (Å²) in [5.41, 5.74) is 0.396. The number of benzene rings is 2. The minimum atomic E-state index is -3.70. The van der Waals surface area contributed by atoms with Crippen LogP contribution in [-0.2, 0) is 10.0 Å². The number of carbonyl (C=O) groups excluding carboxylic acids is 1. The molecule has 0 saturated carbocycles. The Kier molecular flexibility index (Phi) is 5.76. The molecule has 0 N–H and O–H groups in total. The van der Waals surface area contributed by atoms with Crippen LogP contribution in [0, 0.1) is 17.0 Å². The number of aryl methyl sites for hydroxylation is 1. The average molecular weight is 404 g/mol. The van der Waals surface area contributed by atoms with Crippen molar-refractivity contribution in [3.05, 3.63) is 63.7 Å². The first-order chi connectivity index (χ1) is 13.3. The number of nitrogens with zero attached hydrogens (tertiary/aromatic N) is 2. The molecule has 0 radical (unpaired) electrons. The minimum Gasteiger partial charge on any atom is -0.423 e. The number of hydrogen-bond acceptors (Lipinski definition) is 6. The zero-order valence-corrected chi connectivity index (χ0v) is 16.1. The third kappa shape index (κ3) is 4.20. The molecule has 3 rings (SSSR count). The first-order valence-electron chi connectivity index (χ1n) is 8.86. The molecule has 1 saturated heterocycles. The Morgan fingerprint density at radius 1 is 1.11 bits per heavy atom. The van der Waals surface area contributed by atoms with Crippen LogP contribution < -0.4 is 4.74 Å². The summed E-state index contributed by atoms with van der Waals surface area (Å²) in [4.78, 5) is 22.8. The number of esters is 1.